The zero-order valence-corrected chi connectivity index (χ0v) is 17.3. The highest BCUT2D eigenvalue weighted by Crippen LogP contribution is 2.49. The van der Waals surface area contributed by atoms with Crippen LogP contribution in [0.25, 0.3) is 11.8 Å². The predicted octanol–water partition coefficient (Wildman–Crippen LogP) is 5.27. The normalized spacial score (nSPS) is 27.3. The maximum atomic E-state index is 13.4. The Morgan fingerprint density at radius 3 is 2.80 bits per heavy atom. The minimum Gasteiger partial charge on any atom is -0.469 e. The molecule has 0 bridgehead atoms. The van der Waals surface area contributed by atoms with E-state index in [1.165, 1.54) is 36.0 Å². The summed E-state index contributed by atoms with van der Waals surface area (Å²) in [5.41, 5.74) is 6.12. The van der Waals surface area contributed by atoms with Crippen LogP contribution in [-0.2, 0) is 16.0 Å². The summed E-state index contributed by atoms with van der Waals surface area (Å²) in [4.78, 5) is 12.4. The molecule has 0 radical (unpaired) electrons. The molecular weight excluding hydrogens is 379 g/mol. The first-order chi connectivity index (χ1) is 14.7. The number of rotatable bonds is 2. The minimum atomic E-state index is -0.241. The molecule has 3 atom stereocenters. The van der Waals surface area contributed by atoms with Crippen molar-refractivity contribution < 1.29 is 13.9 Å². The second kappa shape index (κ2) is 7.86. The molecule has 0 saturated heterocycles. The SMILES string of the molecule is COC(=O)[C@@H]1CCC=C2[C@@H]3CCCc4cnn(-c5ccc(F)cc5)c4/C=C\3CC[C@@H]21. The molecule has 4 nitrogen and oxygen atoms in total. The number of allylic oxidation sites excluding steroid dienone is 3. The van der Waals surface area contributed by atoms with Gasteiger partial charge in [0.25, 0.3) is 0 Å². The lowest BCUT2D eigenvalue weighted by Crippen LogP contribution is -2.35. The molecule has 30 heavy (non-hydrogen) atoms. The van der Waals surface area contributed by atoms with Crippen molar-refractivity contribution in [3.63, 3.8) is 0 Å². The number of halogens is 1. The third kappa shape index (κ3) is 3.30. The van der Waals surface area contributed by atoms with E-state index < -0.39 is 0 Å². The lowest BCUT2D eigenvalue weighted by molar-refractivity contribution is -0.147. The number of ether oxygens (including phenoxy) is 1. The zero-order valence-electron chi connectivity index (χ0n) is 17.3. The molecule has 0 unspecified atom stereocenters. The van der Waals surface area contributed by atoms with Crippen LogP contribution in [0.2, 0.25) is 0 Å². The molecule has 2 aromatic rings. The molecule has 0 N–H and O–H groups in total. The van der Waals surface area contributed by atoms with Gasteiger partial charge < -0.3 is 4.74 Å². The summed E-state index contributed by atoms with van der Waals surface area (Å²) < 4.78 is 20.4. The fourth-order valence-electron chi connectivity index (χ4n) is 5.65. The van der Waals surface area contributed by atoms with Gasteiger partial charge in [-0.2, -0.15) is 5.10 Å². The summed E-state index contributed by atoms with van der Waals surface area (Å²) in [5.74, 6) is 0.424. The molecule has 3 aliphatic rings. The molecule has 1 aromatic carbocycles. The molecule has 0 aliphatic heterocycles. The smallest absolute Gasteiger partial charge is 0.309 e. The highest BCUT2D eigenvalue weighted by molar-refractivity contribution is 5.74. The van der Waals surface area contributed by atoms with E-state index in [-0.39, 0.29) is 17.7 Å². The Labute approximate surface area is 176 Å². The molecular formula is C25H27FN2O2. The van der Waals surface area contributed by atoms with Crippen molar-refractivity contribution in [3.8, 4) is 5.69 Å². The lowest BCUT2D eigenvalue weighted by Gasteiger charge is -2.41. The fourth-order valence-corrected chi connectivity index (χ4v) is 5.65. The third-order valence-corrected chi connectivity index (χ3v) is 7.09. The number of carbonyl (C=O) groups is 1. The van der Waals surface area contributed by atoms with Crippen molar-refractivity contribution >= 4 is 12.0 Å². The zero-order chi connectivity index (χ0) is 20.7. The number of fused-ring (bicyclic) bond motifs is 4. The number of hydrogen-bond acceptors (Lipinski definition) is 3. The second-order valence-electron chi connectivity index (χ2n) is 8.66. The molecule has 0 spiro atoms. The molecule has 1 fully saturated rings. The Balaban J connectivity index is 1.52. The van der Waals surface area contributed by atoms with Crippen LogP contribution in [0.5, 0.6) is 0 Å². The van der Waals surface area contributed by atoms with Crippen molar-refractivity contribution in [2.24, 2.45) is 17.8 Å². The fraction of sp³-hybridized carbons (Fsp3) is 0.440. The first kappa shape index (κ1) is 19.3. The van der Waals surface area contributed by atoms with Gasteiger partial charge in [0, 0.05) is 5.92 Å². The van der Waals surface area contributed by atoms with Crippen molar-refractivity contribution in [3.05, 3.63) is 64.8 Å². The van der Waals surface area contributed by atoms with Crippen LogP contribution in [0.4, 0.5) is 4.39 Å². The van der Waals surface area contributed by atoms with Crippen molar-refractivity contribution in [1.82, 2.24) is 9.78 Å². The van der Waals surface area contributed by atoms with Crippen LogP contribution in [0.3, 0.4) is 0 Å². The number of aromatic nitrogens is 2. The van der Waals surface area contributed by atoms with Crippen LogP contribution in [0.1, 0.15) is 49.8 Å². The Bertz CT molecular complexity index is 1020. The van der Waals surface area contributed by atoms with Gasteiger partial charge in [-0.15, -0.1) is 0 Å². The van der Waals surface area contributed by atoms with Crippen LogP contribution >= 0.6 is 0 Å². The average molecular weight is 407 g/mol. The van der Waals surface area contributed by atoms with Gasteiger partial charge in [0.15, 0.2) is 0 Å². The Hall–Kier alpha value is -2.69. The van der Waals surface area contributed by atoms with Gasteiger partial charge in [0.1, 0.15) is 5.82 Å². The molecule has 5 rings (SSSR count). The number of methoxy groups -OCH3 is 1. The minimum absolute atomic E-state index is 0.00212. The summed E-state index contributed by atoms with van der Waals surface area (Å²) in [6, 6.07) is 6.51. The topological polar surface area (TPSA) is 44.1 Å². The first-order valence-corrected chi connectivity index (χ1v) is 11.0. The second-order valence-corrected chi connectivity index (χ2v) is 8.66. The van der Waals surface area contributed by atoms with E-state index in [0.29, 0.717) is 11.8 Å². The van der Waals surface area contributed by atoms with Gasteiger partial charge in [0.2, 0.25) is 0 Å². The van der Waals surface area contributed by atoms with Crippen molar-refractivity contribution in [1.29, 1.82) is 0 Å². The Morgan fingerprint density at radius 2 is 2.00 bits per heavy atom. The van der Waals surface area contributed by atoms with Crippen LogP contribution in [0.15, 0.2) is 47.7 Å². The third-order valence-electron chi connectivity index (χ3n) is 7.09. The molecule has 1 aromatic heterocycles. The number of hydrogen-bond donors (Lipinski definition) is 0. The Morgan fingerprint density at radius 1 is 1.17 bits per heavy atom. The molecule has 156 valence electrons. The Kier molecular flexibility index (Phi) is 5.05. The number of esters is 1. The highest BCUT2D eigenvalue weighted by atomic mass is 19.1. The summed E-state index contributed by atoms with van der Waals surface area (Å²) in [6.45, 7) is 0. The van der Waals surface area contributed by atoms with E-state index in [0.717, 1.165) is 56.3 Å². The van der Waals surface area contributed by atoms with Gasteiger partial charge in [-0.1, -0.05) is 17.2 Å². The van der Waals surface area contributed by atoms with Gasteiger partial charge in [0.05, 0.1) is 30.6 Å². The number of nitrogens with zero attached hydrogens (tertiary/aromatic N) is 2. The van der Waals surface area contributed by atoms with Crippen molar-refractivity contribution in [2.75, 3.05) is 7.11 Å². The van der Waals surface area contributed by atoms with E-state index in [2.05, 4.69) is 17.3 Å². The van der Waals surface area contributed by atoms with E-state index >= 15 is 0 Å². The maximum absolute atomic E-state index is 13.4. The predicted molar refractivity (Wildman–Crippen MR) is 113 cm³/mol. The summed E-state index contributed by atoms with van der Waals surface area (Å²) >= 11 is 0. The van der Waals surface area contributed by atoms with Gasteiger partial charge in [-0.25, -0.2) is 9.07 Å². The summed E-state index contributed by atoms with van der Waals surface area (Å²) in [5, 5.41) is 4.62. The molecule has 1 saturated carbocycles. The van der Waals surface area contributed by atoms with E-state index in [1.807, 2.05) is 10.9 Å². The van der Waals surface area contributed by atoms with E-state index in [4.69, 9.17) is 4.74 Å². The van der Waals surface area contributed by atoms with Gasteiger partial charge in [-0.3, -0.25) is 4.79 Å². The molecule has 0 amide bonds. The lowest BCUT2D eigenvalue weighted by atomic mass is 9.63. The molecule has 3 aliphatic carbocycles. The van der Waals surface area contributed by atoms with Crippen LogP contribution in [0, 0.1) is 23.6 Å². The van der Waals surface area contributed by atoms with Gasteiger partial charge >= 0.3 is 5.97 Å². The number of aryl methyl sites for hydroxylation is 1. The standard InChI is InChI=1S/C25H27FN2O2/c1-30-25(29)23-7-3-6-21-20-5-2-4-17-15-27-28(19-11-9-18(26)10-12-19)24(17)14-16(20)8-13-22(21)23/h6,9-12,14-15,20,22-23H,2-5,7-8,13H2,1H3/b16-14-/t20-,22+,23-/m1/s1. The monoisotopic (exact) mass is 406 g/mol. The van der Waals surface area contributed by atoms with Crippen molar-refractivity contribution in [2.45, 2.75) is 44.9 Å². The average Bonchev–Trinajstić information content (AvgIpc) is 3.14. The number of carbonyl (C=O) groups excluding carboxylic acids is 1. The first-order valence-electron chi connectivity index (χ1n) is 11.0. The largest absolute Gasteiger partial charge is 0.469 e. The van der Waals surface area contributed by atoms with Crippen LogP contribution < -0.4 is 0 Å². The van der Waals surface area contributed by atoms with E-state index in [9.17, 15) is 9.18 Å². The summed E-state index contributed by atoms with van der Waals surface area (Å²) in [7, 11) is 1.50. The van der Waals surface area contributed by atoms with Gasteiger partial charge in [-0.05, 0) is 86.8 Å². The molecule has 1 heterocycles. The quantitative estimate of drug-likeness (QED) is 0.504. The van der Waals surface area contributed by atoms with Crippen LogP contribution in [-0.4, -0.2) is 22.9 Å². The molecule has 5 heteroatoms. The number of benzene rings is 1. The maximum Gasteiger partial charge on any atom is 0.309 e. The van der Waals surface area contributed by atoms with E-state index in [1.54, 1.807) is 12.1 Å². The summed E-state index contributed by atoms with van der Waals surface area (Å²) in [6.07, 6.45) is 13.7. The highest BCUT2D eigenvalue weighted by Gasteiger charge is 2.40.